The monoisotopic (exact) mass is 395 g/mol. The fourth-order valence-electron chi connectivity index (χ4n) is 3.57. The molecule has 5 heteroatoms. The number of aromatic amines is 1. The van der Waals surface area contributed by atoms with Gasteiger partial charge in [-0.05, 0) is 81.9 Å². The molecule has 3 aromatic rings. The van der Waals surface area contributed by atoms with Crippen molar-refractivity contribution in [3.8, 4) is 21.2 Å². The smallest absolute Gasteiger partial charge is 0.144 e. The summed E-state index contributed by atoms with van der Waals surface area (Å²) >= 11 is 1.71. The van der Waals surface area contributed by atoms with E-state index in [0.29, 0.717) is 11.6 Å². The predicted octanol–water partition coefficient (Wildman–Crippen LogP) is 7.18. The molecule has 3 heterocycles. The van der Waals surface area contributed by atoms with Gasteiger partial charge in [0.25, 0.3) is 0 Å². The Balaban J connectivity index is 2.05. The number of allylic oxidation sites excluding steroid dienone is 2. The van der Waals surface area contributed by atoms with Crippen LogP contribution in [0.2, 0.25) is 0 Å². The van der Waals surface area contributed by atoms with Gasteiger partial charge in [0, 0.05) is 11.4 Å². The highest BCUT2D eigenvalue weighted by Gasteiger charge is 2.21. The van der Waals surface area contributed by atoms with E-state index in [-0.39, 0.29) is 0 Å². The molecule has 0 atom stereocenters. The molecule has 28 heavy (non-hydrogen) atoms. The van der Waals surface area contributed by atoms with Crippen LogP contribution >= 0.6 is 11.3 Å². The number of imidazole rings is 1. The van der Waals surface area contributed by atoms with Crippen LogP contribution in [0, 0.1) is 32.1 Å². The zero-order valence-electron chi connectivity index (χ0n) is 17.6. The quantitative estimate of drug-likeness (QED) is 0.416. The summed E-state index contributed by atoms with van der Waals surface area (Å²) in [5.74, 6) is 3.10. The number of furan rings is 1. The predicted molar refractivity (Wildman–Crippen MR) is 119 cm³/mol. The molecule has 0 radical (unpaired) electrons. The summed E-state index contributed by atoms with van der Waals surface area (Å²) in [6.07, 6.45) is 4.02. The van der Waals surface area contributed by atoms with E-state index in [4.69, 9.17) is 14.8 Å². The van der Waals surface area contributed by atoms with E-state index in [2.05, 4.69) is 38.7 Å². The third-order valence-electron chi connectivity index (χ3n) is 5.07. The van der Waals surface area contributed by atoms with E-state index in [1.54, 1.807) is 11.3 Å². The number of aromatic nitrogens is 2. The second kappa shape index (κ2) is 8.31. The van der Waals surface area contributed by atoms with E-state index in [9.17, 15) is 0 Å². The van der Waals surface area contributed by atoms with Crippen LogP contribution in [0.5, 0.6) is 0 Å². The van der Waals surface area contributed by atoms with Crippen LogP contribution in [0.15, 0.2) is 28.7 Å². The Kier molecular flexibility index (Phi) is 6.04. The van der Waals surface area contributed by atoms with Crippen molar-refractivity contribution in [2.24, 2.45) is 5.92 Å². The van der Waals surface area contributed by atoms with Crippen LogP contribution in [0.25, 0.3) is 26.8 Å². The van der Waals surface area contributed by atoms with Gasteiger partial charge in [0.1, 0.15) is 23.0 Å². The summed E-state index contributed by atoms with van der Waals surface area (Å²) in [5.41, 5.74) is 4.93. The van der Waals surface area contributed by atoms with Crippen LogP contribution < -0.4 is 0 Å². The summed E-state index contributed by atoms with van der Waals surface area (Å²) in [5, 5.41) is 7.95. The van der Waals surface area contributed by atoms with Gasteiger partial charge in [-0.2, -0.15) is 0 Å². The van der Waals surface area contributed by atoms with Crippen LogP contribution in [0.1, 0.15) is 56.5 Å². The number of H-pyrrole nitrogens is 1. The van der Waals surface area contributed by atoms with Gasteiger partial charge < -0.3 is 14.8 Å². The molecule has 0 spiro atoms. The minimum Gasteiger partial charge on any atom is -0.461 e. The maximum atomic E-state index is 7.95. The standard InChI is InChI=1S/C23H29N3OS/c1-7-17(8-2)18(12-14(4)24)23-25-16(6)21(26-23)22-13(3)11-20(28-22)19-10-9-15(5)27-19/h9-12,17,24H,7-8H2,1-6H3,(H,25,26)/b18-12-,24-14?. The average molecular weight is 396 g/mol. The SMILES string of the molecule is CCC(CC)/C(=C/C(C)=N)c1nc(-c2sc(-c3ccc(C)o3)cc2C)c(C)[nH]1. The van der Waals surface area contributed by atoms with Crippen molar-refractivity contribution in [3.63, 3.8) is 0 Å². The molecule has 3 rings (SSSR count). The van der Waals surface area contributed by atoms with Crippen molar-refractivity contribution < 1.29 is 4.42 Å². The fraction of sp³-hybridized carbons (Fsp3) is 0.391. The van der Waals surface area contributed by atoms with Gasteiger partial charge >= 0.3 is 0 Å². The highest BCUT2D eigenvalue weighted by molar-refractivity contribution is 7.19. The molecule has 0 fully saturated rings. The number of nitrogens with one attached hydrogen (secondary N) is 2. The topological polar surface area (TPSA) is 65.7 Å². The van der Waals surface area contributed by atoms with Crippen molar-refractivity contribution in [2.75, 3.05) is 0 Å². The lowest BCUT2D eigenvalue weighted by molar-refractivity contribution is 0.549. The van der Waals surface area contributed by atoms with Gasteiger partial charge in [-0.25, -0.2) is 4.98 Å². The zero-order valence-corrected chi connectivity index (χ0v) is 18.4. The Morgan fingerprint density at radius 3 is 2.54 bits per heavy atom. The highest BCUT2D eigenvalue weighted by Crippen LogP contribution is 2.40. The first kappa shape index (κ1) is 20.3. The van der Waals surface area contributed by atoms with Gasteiger partial charge in [-0.15, -0.1) is 11.3 Å². The van der Waals surface area contributed by atoms with E-state index in [1.165, 1.54) is 10.4 Å². The Hall–Kier alpha value is -2.40. The molecule has 0 bridgehead atoms. The maximum Gasteiger partial charge on any atom is 0.144 e. The molecule has 0 amide bonds. The molecule has 0 saturated heterocycles. The molecule has 3 aromatic heterocycles. The third kappa shape index (κ3) is 4.04. The first-order chi connectivity index (χ1) is 13.3. The second-order valence-electron chi connectivity index (χ2n) is 7.39. The molecular formula is C23H29N3OS. The molecular weight excluding hydrogens is 366 g/mol. The van der Waals surface area contributed by atoms with Crippen molar-refractivity contribution in [2.45, 2.75) is 54.4 Å². The lowest BCUT2D eigenvalue weighted by Crippen LogP contribution is -2.04. The van der Waals surface area contributed by atoms with Gasteiger partial charge in [0.2, 0.25) is 0 Å². The Morgan fingerprint density at radius 1 is 1.25 bits per heavy atom. The lowest BCUT2D eigenvalue weighted by Gasteiger charge is -2.15. The summed E-state index contributed by atoms with van der Waals surface area (Å²) in [6, 6.07) is 6.19. The maximum absolute atomic E-state index is 7.95. The number of hydrogen-bond donors (Lipinski definition) is 2. The van der Waals surface area contributed by atoms with Crippen LogP contribution in [-0.4, -0.2) is 15.7 Å². The molecule has 0 unspecified atom stereocenters. The van der Waals surface area contributed by atoms with Gasteiger partial charge in [-0.1, -0.05) is 13.8 Å². The number of aryl methyl sites for hydroxylation is 3. The first-order valence-corrected chi connectivity index (χ1v) is 10.7. The minimum atomic E-state index is 0.393. The van der Waals surface area contributed by atoms with E-state index < -0.39 is 0 Å². The molecule has 0 aliphatic carbocycles. The number of hydrogen-bond acceptors (Lipinski definition) is 4. The Morgan fingerprint density at radius 2 is 1.96 bits per heavy atom. The summed E-state index contributed by atoms with van der Waals surface area (Å²) < 4.78 is 5.80. The van der Waals surface area contributed by atoms with E-state index >= 15 is 0 Å². The molecule has 2 N–H and O–H groups in total. The first-order valence-electron chi connectivity index (χ1n) is 9.85. The third-order valence-corrected chi connectivity index (χ3v) is 6.33. The molecule has 0 aliphatic heterocycles. The molecule has 0 saturated carbocycles. The summed E-state index contributed by atoms with van der Waals surface area (Å²) in [4.78, 5) is 10.8. The van der Waals surface area contributed by atoms with Crippen molar-refractivity contribution in [1.82, 2.24) is 9.97 Å². The van der Waals surface area contributed by atoms with Crippen molar-refractivity contribution in [3.05, 3.63) is 47.1 Å². The number of thiophene rings is 1. The van der Waals surface area contributed by atoms with Crippen molar-refractivity contribution >= 4 is 22.6 Å². The zero-order chi connectivity index (χ0) is 20.4. The Bertz CT molecular complexity index is 1010. The van der Waals surface area contributed by atoms with E-state index in [1.807, 2.05) is 32.1 Å². The summed E-state index contributed by atoms with van der Waals surface area (Å²) in [7, 11) is 0. The Labute approximate surface area is 171 Å². The molecule has 0 aromatic carbocycles. The molecule has 148 valence electrons. The van der Waals surface area contributed by atoms with Gasteiger partial charge in [0.05, 0.1) is 9.75 Å². The van der Waals surface area contributed by atoms with Crippen LogP contribution in [-0.2, 0) is 0 Å². The molecule has 4 nitrogen and oxygen atoms in total. The fourth-order valence-corrected chi connectivity index (χ4v) is 4.75. The number of nitrogens with zero attached hydrogens (tertiary/aromatic N) is 1. The number of rotatable bonds is 7. The second-order valence-corrected chi connectivity index (χ2v) is 8.44. The summed E-state index contributed by atoms with van der Waals surface area (Å²) in [6.45, 7) is 12.4. The van der Waals surface area contributed by atoms with Crippen LogP contribution in [0.4, 0.5) is 0 Å². The van der Waals surface area contributed by atoms with E-state index in [0.717, 1.165) is 52.0 Å². The minimum absolute atomic E-state index is 0.393. The highest BCUT2D eigenvalue weighted by atomic mass is 32.1. The van der Waals surface area contributed by atoms with Gasteiger partial charge in [0.15, 0.2) is 0 Å². The normalized spacial score (nSPS) is 12.2. The van der Waals surface area contributed by atoms with Crippen LogP contribution in [0.3, 0.4) is 0 Å². The largest absolute Gasteiger partial charge is 0.461 e. The lowest BCUT2D eigenvalue weighted by atomic mass is 9.92. The average Bonchev–Trinajstić information content (AvgIpc) is 3.33. The van der Waals surface area contributed by atoms with Crippen molar-refractivity contribution in [1.29, 1.82) is 5.41 Å². The van der Waals surface area contributed by atoms with Gasteiger partial charge in [-0.3, -0.25) is 0 Å². The molecule has 0 aliphatic rings.